The first-order valence-corrected chi connectivity index (χ1v) is 9.30. The average Bonchev–Trinajstić information content (AvgIpc) is 3.18. The summed E-state index contributed by atoms with van der Waals surface area (Å²) >= 11 is 0. The third kappa shape index (κ3) is 3.56. The molecule has 0 radical (unpaired) electrons. The van der Waals surface area contributed by atoms with Crippen LogP contribution in [0.4, 0.5) is 5.69 Å². The van der Waals surface area contributed by atoms with Crippen LogP contribution < -0.4 is 0 Å². The number of fused-ring (bicyclic) bond motifs is 1. The Bertz CT molecular complexity index is 1140. The average molecular weight is 389 g/mol. The van der Waals surface area contributed by atoms with Gasteiger partial charge in [0.25, 0.3) is 5.69 Å². The van der Waals surface area contributed by atoms with Gasteiger partial charge in [0, 0.05) is 42.4 Å². The van der Waals surface area contributed by atoms with E-state index in [-0.39, 0.29) is 23.6 Å². The fourth-order valence-corrected chi connectivity index (χ4v) is 3.40. The van der Waals surface area contributed by atoms with E-state index in [0.717, 1.165) is 16.6 Å². The zero-order chi connectivity index (χ0) is 20.5. The fourth-order valence-electron chi connectivity index (χ4n) is 3.40. The molecule has 2 aromatic carbocycles. The Hall–Kier alpha value is -3.68. The molecule has 1 atom stereocenters. The third-order valence-electron chi connectivity index (χ3n) is 4.90. The molecule has 29 heavy (non-hydrogen) atoms. The largest absolute Gasteiger partial charge is 0.273 e. The molecule has 1 amide bonds. The number of carbonyl (C=O) groups is 1. The van der Waals surface area contributed by atoms with Gasteiger partial charge in [-0.1, -0.05) is 32.0 Å². The number of non-ortho nitro benzene ring substituents is 1. The molecule has 8 nitrogen and oxygen atoms in total. The number of hydrazone groups is 1. The van der Waals surface area contributed by atoms with E-state index < -0.39 is 4.92 Å². The van der Waals surface area contributed by atoms with E-state index >= 15 is 0 Å². The summed E-state index contributed by atoms with van der Waals surface area (Å²) in [6.45, 7) is 3.65. The lowest BCUT2D eigenvalue weighted by molar-refractivity contribution is -0.384. The monoisotopic (exact) mass is 389 g/mol. The first-order valence-electron chi connectivity index (χ1n) is 9.30. The van der Waals surface area contributed by atoms with Crippen molar-refractivity contribution in [1.29, 1.82) is 0 Å². The van der Waals surface area contributed by atoms with E-state index in [1.54, 1.807) is 24.5 Å². The number of carbonyl (C=O) groups excluding carboxylic acids is 1. The second kappa shape index (κ2) is 7.38. The van der Waals surface area contributed by atoms with E-state index in [2.05, 4.69) is 15.1 Å². The maximum Gasteiger partial charge on any atom is 0.270 e. The molecule has 1 aliphatic rings. The quantitative estimate of drug-likeness (QED) is 0.498. The van der Waals surface area contributed by atoms with Crippen molar-refractivity contribution in [2.75, 3.05) is 0 Å². The van der Waals surface area contributed by atoms with Gasteiger partial charge in [-0.25, -0.2) is 5.01 Å². The molecule has 2 heterocycles. The van der Waals surface area contributed by atoms with Crippen LogP contribution in [-0.4, -0.2) is 31.5 Å². The smallest absolute Gasteiger partial charge is 0.270 e. The van der Waals surface area contributed by atoms with Crippen LogP contribution in [0.3, 0.4) is 0 Å². The van der Waals surface area contributed by atoms with E-state index in [4.69, 9.17) is 0 Å². The number of nitro benzene ring substituents is 1. The van der Waals surface area contributed by atoms with Crippen molar-refractivity contribution in [1.82, 2.24) is 15.0 Å². The Morgan fingerprint density at radius 3 is 2.62 bits per heavy atom. The van der Waals surface area contributed by atoms with Gasteiger partial charge in [-0.2, -0.15) is 5.10 Å². The molecule has 0 spiro atoms. The van der Waals surface area contributed by atoms with Crippen molar-refractivity contribution in [2.45, 2.75) is 26.3 Å². The summed E-state index contributed by atoms with van der Waals surface area (Å²) in [6, 6.07) is 11.8. The zero-order valence-electron chi connectivity index (χ0n) is 16.0. The lowest BCUT2D eigenvalue weighted by Crippen LogP contribution is -2.30. The second-order valence-electron chi connectivity index (χ2n) is 7.22. The summed E-state index contributed by atoms with van der Waals surface area (Å²) in [4.78, 5) is 32.2. The van der Waals surface area contributed by atoms with Gasteiger partial charge in [-0.3, -0.25) is 24.9 Å². The number of benzene rings is 2. The van der Waals surface area contributed by atoms with Crippen LogP contribution in [0.25, 0.3) is 11.0 Å². The van der Waals surface area contributed by atoms with Crippen molar-refractivity contribution in [3.63, 3.8) is 0 Å². The SMILES string of the molecule is CC(C)C(=O)N1N=C(c2cccc([N+](=O)[O-])c2)C[C@@H]1c1ccc2nccnc2c1. The van der Waals surface area contributed by atoms with Crippen molar-refractivity contribution >= 4 is 28.3 Å². The van der Waals surface area contributed by atoms with E-state index in [0.29, 0.717) is 17.7 Å². The molecule has 3 aromatic rings. The van der Waals surface area contributed by atoms with Crippen molar-refractivity contribution in [3.8, 4) is 0 Å². The number of hydrogen-bond acceptors (Lipinski definition) is 6. The predicted octanol–water partition coefficient (Wildman–Crippen LogP) is 3.87. The summed E-state index contributed by atoms with van der Waals surface area (Å²) in [7, 11) is 0. The van der Waals surface area contributed by atoms with Gasteiger partial charge >= 0.3 is 0 Å². The molecule has 1 aromatic heterocycles. The van der Waals surface area contributed by atoms with Gasteiger partial charge in [-0.15, -0.1) is 0 Å². The topological polar surface area (TPSA) is 102 Å². The normalized spacial score (nSPS) is 16.3. The molecule has 0 saturated carbocycles. The van der Waals surface area contributed by atoms with E-state index in [1.807, 2.05) is 32.0 Å². The summed E-state index contributed by atoms with van der Waals surface area (Å²) in [6.07, 6.45) is 3.73. The van der Waals surface area contributed by atoms with Gasteiger partial charge in [0.05, 0.1) is 27.7 Å². The van der Waals surface area contributed by atoms with Crippen LogP contribution in [0.5, 0.6) is 0 Å². The maximum atomic E-state index is 12.8. The van der Waals surface area contributed by atoms with Gasteiger partial charge in [0.15, 0.2) is 0 Å². The molecule has 0 N–H and O–H groups in total. The standard InChI is InChI=1S/C21H19N5O3/c1-13(2)21(27)25-20(15-6-7-17-19(11-15)23-9-8-22-17)12-18(24-25)14-4-3-5-16(10-14)26(28)29/h3-11,13,20H,12H2,1-2H3/t20-/m1/s1. The highest BCUT2D eigenvalue weighted by molar-refractivity contribution is 6.03. The Labute approximate surface area is 167 Å². The number of amides is 1. The number of nitro groups is 1. The van der Waals surface area contributed by atoms with Crippen LogP contribution in [0, 0.1) is 16.0 Å². The highest BCUT2D eigenvalue weighted by Gasteiger charge is 2.34. The summed E-state index contributed by atoms with van der Waals surface area (Å²) in [5, 5.41) is 17.2. The maximum absolute atomic E-state index is 12.8. The minimum Gasteiger partial charge on any atom is -0.273 e. The van der Waals surface area contributed by atoms with E-state index in [9.17, 15) is 14.9 Å². The van der Waals surface area contributed by atoms with Crippen molar-refractivity contribution in [2.24, 2.45) is 11.0 Å². The van der Waals surface area contributed by atoms with Crippen molar-refractivity contribution < 1.29 is 9.72 Å². The number of rotatable bonds is 4. The second-order valence-corrected chi connectivity index (χ2v) is 7.22. The molecule has 1 aliphatic heterocycles. The summed E-state index contributed by atoms with van der Waals surface area (Å²) in [5.41, 5.74) is 3.70. The van der Waals surface area contributed by atoms with Gasteiger partial charge in [0.1, 0.15) is 0 Å². The number of nitrogens with zero attached hydrogens (tertiary/aromatic N) is 5. The number of hydrogen-bond donors (Lipinski definition) is 0. The van der Waals surface area contributed by atoms with Crippen LogP contribution in [-0.2, 0) is 4.79 Å². The van der Waals surface area contributed by atoms with Crippen LogP contribution >= 0.6 is 0 Å². The molecule has 0 fully saturated rings. The first-order chi connectivity index (χ1) is 13.9. The lowest BCUT2D eigenvalue weighted by Gasteiger charge is -2.23. The molecule has 8 heteroatoms. The Kier molecular flexibility index (Phi) is 4.75. The molecule has 0 bridgehead atoms. The highest BCUT2D eigenvalue weighted by Crippen LogP contribution is 2.35. The Balaban J connectivity index is 1.74. The molecule has 4 rings (SSSR count). The van der Waals surface area contributed by atoms with Gasteiger partial charge in [-0.05, 0) is 17.7 Å². The number of aromatic nitrogens is 2. The Morgan fingerprint density at radius 1 is 1.14 bits per heavy atom. The summed E-state index contributed by atoms with van der Waals surface area (Å²) < 4.78 is 0. The fraction of sp³-hybridized carbons (Fsp3) is 0.238. The lowest BCUT2D eigenvalue weighted by atomic mass is 9.97. The molecular weight excluding hydrogens is 370 g/mol. The van der Waals surface area contributed by atoms with Gasteiger partial charge in [0.2, 0.25) is 5.91 Å². The zero-order valence-corrected chi connectivity index (χ0v) is 16.0. The highest BCUT2D eigenvalue weighted by atomic mass is 16.6. The van der Waals surface area contributed by atoms with Crippen molar-refractivity contribution in [3.05, 3.63) is 76.1 Å². The van der Waals surface area contributed by atoms with E-state index in [1.165, 1.54) is 17.1 Å². The van der Waals surface area contributed by atoms with Gasteiger partial charge < -0.3 is 0 Å². The molecular formula is C21H19N5O3. The van der Waals surface area contributed by atoms with Crippen LogP contribution in [0.2, 0.25) is 0 Å². The van der Waals surface area contributed by atoms with Crippen LogP contribution in [0.1, 0.15) is 37.4 Å². The molecule has 0 unspecified atom stereocenters. The third-order valence-corrected chi connectivity index (χ3v) is 4.90. The summed E-state index contributed by atoms with van der Waals surface area (Å²) in [5.74, 6) is -0.333. The minimum atomic E-state index is -0.435. The molecule has 146 valence electrons. The molecule has 0 aliphatic carbocycles. The Morgan fingerprint density at radius 2 is 1.90 bits per heavy atom. The molecule has 0 saturated heterocycles. The minimum absolute atomic E-state index is 0.00337. The first kappa shape index (κ1) is 18.7. The predicted molar refractivity (Wildman–Crippen MR) is 108 cm³/mol. The van der Waals surface area contributed by atoms with Crippen LogP contribution in [0.15, 0.2) is 60.0 Å².